The lowest BCUT2D eigenvalue weighted by Crippen LogP contribution is -2.46. The molecule has 5 N–H and O–H groups in total. The number of benzene rings is 1. The summed E-state index contributed by atoms with van der Waals surface area (Å²) in [4.78, 5) is 14.6. The Hall–Kier alpha value is -1.41. The van der Waals surface area contributed by atoms with Crippen molar-refractivity contribution in [3.63, 3.8) is 0 Å². The summed E-state index contributed by atoms with van der Waals surface area (Å²) in [5, 5.41) is 21.0. The maximum Gasteiger partial charge on any atom is 0.451 e. The second-order valence-corrected chi connectivity index (χ2v) is 6.61. The van der Waals surface area contributed by atoms with Gasteiger partial charge in [0, 0.05) is 19.1 Å². The molecule has 0 saturated carbocycles. The van der Waals surface area contributed by atoms with Gasteiger partial charge in [-0.25, -0.2) is 0 Å². The van der Waals surface area contributed by atoms with Crippen LogP contribution in [0.2, 0.25) is 6.32 Å². The molecule has 0 aliphatic carbocycles. The zero-order chi connectivity index (χ0) is 17.5. The second-order valence-electron chi connectivity index (χ2n) is 6.61. The van der Waals surface area contributed by atoms with Crippen LogP contribution in [0, 0.1) is 5.92 Å². The average molecular weight is 333 g/mol. The molecule has 0 bridgehead atoms. The van der Waals surface area contributed by atoms with Gasteiger partial charge in [0.1, 0.15) is 0 Å². The van der Waals surface area contributed by atoms with Crippen molar-refractivity contribution in [2.24, 2.45) is 11.7 Å². The summed E-state index contributed by atoms with van der Waals surface area (Å²) < 4.78 is 0. The summed E-state index contributed by atoms with van der Waals surface area (Å²) in [6.07, 6.45) is 2.52. The van der Waals surface area contributed by atoms with E-state index in [2.05, 4.69) is 5.32 Å². The van der Waals surface area contributed by atoms with Crippen LogP contribution in [-0.4, -0.2) is 60.2 Å². The van der Waals surface area contributed by atoms with E-state index >= 15 is 0 Å². The molecular formula is C17H28BN3O3. The molecule has 2 rings (SSSR count). The van der Waals surface area contributed by atoms with Crippen LogP contribution in [0.4, 0.5) is 0 Å². The Morgan fingerprint density at radius 3 is 2.71 bits per heavy atom. The fourth-order valence-electron chi connectivity index (χ4n) is 3.33. The highest BCUT2D eigenvalue weighted by molar-refractivity contribution is 6.40. The van der Waals surface area contributed by atoms with Crippen molar-refractivity contribution in [3.8, 4) is 0 Å². The second kappa shape index (κ2) is 9.18. The van der Waals surface area contributed by atoms with Gasteiger partial charge >= 0.3 is 7.12 Å². The summed E-state index contributed by atoms with van der Waals surface area (Å²) in [5.74, 6) is 0.309. The maximum atomic E-state index is 12.8. The van der Waals surface area contributed by atoms with Crippen molar-refractivity contribution in [1.82, 2.24) is 10.2 Å². The van der Waals surface area contributed by atoms with Crippen molar-refractivity contribution in [2.75, 3.05) is 20.1 Å². The van der Waals surface area contributed by atoms with Gasteiger partial charge in [-0.2, -0.15) is 0 Å². The predicted octanol–water partition coefficient (Wildman–Crippen LogP) is -0.144. The third-order valence-corrected chi connectivity index (χ3v) is 4.77. The van der Waals surface area contributed by atoms with Crippen molar-refractivity contribution >= 4 is 13.0 Å². The monoisotopic (exact) mass is 333 g/mol. The Morgan fingerprint density at radius 1 is 1.38 bits per heavy atom. The Bertz CT molecular complexity index is 515. The molecule has 1 saturated heterocycles. The molecule has 0 spiro atoms. The highest BCUT2D eigenvalue weighted by Crippen LogP contribution is 2.22. The minimum Gasteiger partial charge on any atom is -0.427 e. The van der Waals surface area contributed by atoms with E-state index in [0.717, 1.165) is 12.0 Å². The number of rotatable bonds is 8. The quantitative estimate of drug-likeness (QED) is 0.496. The first-order valence-corrected chi connectivity index (χ1v) is 8.63. The summed E-state index contributed by atoms with van der Waals surface area (Å²) in [6, 6.07) is 9.67. The number of carbonyl (C=O) groups is 1. The number of nitrogens with one attached hydrogen (secondary N) is 1. The third kappa shape index (κ3) is 5.31. The largest absolute Gasteiger partial charge is 0.451 e. The van der Waals surface area contributed by atoms with Gasteiger partial charge in [-0.1, -0.05) is 36.8 Å². The normalized spacial score (nSPS) is 21.8. The van der Waals surface area contributed by atoms with E-state index in [1.54, 1.807) is 0 Å². The summed E-state index contributed by atoms with van der Waals surface area (Å²) in [5.41, 5.74) is 7.31. The minimum atomic E-state index is -1.26. The number of likely N-dealkylation sites (N-methyl/N-ethyl adjacent to an activating group) is 1. The van der Waals surface area contributed by atoms with Crippen LogP contribution in [0.1, 0.15) is 18.4 Å². The Morgan fingerprint density at radius 2 is 2.08 bits per heavy atom. The standard InChI is InChI=1S/C17H28BN3O3/c1-20-16(10-13-6-3-2-4-7-13)17(22)21-11-14(15(19)12-21)8-5-9-18(23)24/h2-4,6-7,14-16,20,23-24H,5,8-12,19H2,1H3/t14-,15-,16?/m0/s1. The van der Waals surface area contributed by atoms with Crippen LogP contribution in [0.5, 0.6) is 0 Å². The molecule has 1 aliphatic heterocycles. The number of carbonyl (C=O) groups excluding carboxylic acids is 1. The van der Waals surface area contributed by atoms with Crippen molar-refractivity contribution in [2.45, 2.75) is 37.7 Å². The van der Waals surface area contributed by atoms with Crippen LogP contribution in [0.15, 0.2) is 30.3 Å². The van der Waals surface area contributed by atoms with Gasteiger partial charge in [0.15, 0.2) is 0 Å². The first-order chi connectivity index (χ1) is 11.5. The Labute approximate surface area is 144 Å². The highest BCUT2D eigenvalue weighted by atomic mass is 16.4. The summed E-state index contributed by atoms with van der Waals surface area (Å²) in [7, 11) is 0.543. The molecule has 132 valence electrons. The molecule has 1 aromatic rings. The van der Waals surface area contributed by atoms with E-state index in [-0.39, 0.29) is 23.9 Å². The van der Waals surface area contributed by atoms with Crippen LogP contribution in [0.3, 0.4) is 0 Å². The topological polar surface area (TPSA) is 98.8 Å². The molecular weight excluding hydrogens is 305 g/mol. The van der Waals surface area contributed by atoms with Crippen LogP contribution in [0.25, 0.3) is 0 Å². The van der Waals surface area contributed by atoms with Gasteiger partial charge < -0.3 is 26.0 Å². The minimum absolute atomic E-state index is 0.0426. The molecule has 1 heterocycles. The van der Waals surface area contributed by atoms with Crippen LogP contribution < -0.4 is 11.1 Å². The molecule has 1 aromatic carbocycles. The van der Waals surface area contributed by atoms with Crippen LogP contribution in [-0.2, 0) is 11.2 Å². The fourth-order valence-corrected chi connectivity index (χ4v) is 3.33. The van der Waals surface area contributed by atoms with Gasteiger partial charge in [-0.15, -0.1) is 0 Å². The Kier molecular flexibility index (Phi) is 7.24. The molecule has 6 nitrogen and oxygen atoms in total. The first kappa shape index (κ1) is 18.9. The van der Waals surface area contributed by atoms with E-state index in [9.17, 15) is 4.79 Å². The lowest BCUT2D eigenvalue weighted by Gasteiger charge is -2.23. The van der Waals surface area contributed by atoms with Gasteiger partial charge in [-0.05, 0) is 37.7 Å². The number of likely N-dealkylation sites (tertiary alicyclic amines) is 1. The fraction of sp³-hybridized carbons (Fsp3) is 0.588. The third-order valence-electron chi connectivity index (χ3n) is 4.77. The summed E-state index contributed by atoms with van der Waals surface area (Å²) >= 11 is 0. The SMILES string of the molecule is CNC(Cc1ccccc1)C(=O)N1C[C@H](CCCB(O)O)[C@@H](N)C1. The molecule has 1 aliphatic rings. The van der Waals surface area contributed by atoms with Gasteiger partial charge in [0.05, 0.1) is 6.04 Å². The zero-order valence-corrected chi connectivity index (χ0v) is 14.3. The smallest absolute Gasteiger partial charge is 0.427 e. The average Bonchev–Trinajstić information content (AvgIpc) is 2.94. The van der Waals surface area contributed by atoms with Gasteiger partial charge in [-0.3, -0.25) is 4.79 Å². The molecule has 1 unspecified atom stereocenters. The molecule has 7 heteroatoms. The van der Waals surface area contributed by atoms with Gasteiger partial charge in [0.2, 0.25) is 5.91 Å². The van der Waals surface area contributed by atoms with E-state index < -0.39 is 7.12 Å². The molecule has 1 fully saturated rings. The highest BCUT2D eigenvalue weighted by Gasteiger charge is 2.35. The zero-order valence-electron chi connectivity index (χ0n) is 14.3. The number of nitrogens with two attached hydrogens (primary N) is 1. The lowest BCUT2D eigenvalue weighted by molar-refractivity contribution is -0.132. The van der Waals surface area contributed by atoms with Crippen molar-refractivity contribution in [1.29, 1.82) is 0 Å². The number of amides is 1. The molecule has 1 amide bonds. The molecule has 0 aromatic heterocycles. The number of hydrogen-bond donors (Lipinski definition) is 4. The maximum absolute atomic E-state index is 12.8. The van der Waals surface area contributed by atoms with Crippen LogP contribution >= 0.6 is 0 Å². The van der Waals surface area contributed by atoms with E-state index in [1.807, 2.05) is 42.3 Å². The van der Waals surface area contributed by atoms with E-state index in [4.69, 9.17) is 15.8 Å². The lowest BCUT2D eigenvalue weighted by atomic mass is 9.82. The number of hydrogen-bond acceptors (Lipinski definition) is 5. The predicted molar refractivity (Wildman–Crippen MR) is 95.3 cm³/mol. The van der Waals surface area contributed by atoms with E-state index in [0.29, 0.717) is 32.3 Å². The first-order valence-electron chi connectivity index (χ1n) is 8.63. The summed E-state index contributed by atoms with van der Waals surface area (Å²) in [6.45, 7) is 1.21. The van der Waals surface area contributed by atoms with Crippen molar-refractivity contribution < 1.29 is 14.8 Å². The Balaban J connectivity index is 1.89. The molecule has 3 atom stereocenters. The van der Waals surface area contributed by atoms with Gasteiger partial charge in [0.25, 0.3) is 0 Å². The van der Waals surface area contributed by atoms with E-state index in [1.165, 1.54) is 0 Å². The molecule has 24 heavy (non-hydrogen) atoms. The molecule has 0 radical (unpaired) electrons. The number of nitrogens with zero attached hydrogens (tertiary/aromatic N) is 1. The van der Waals surface area contributed by atoms with Crippen molar-refractivity contribution in [3.05, 3.63) is 35.9 Å².